The quantitative estimate of drug-likeness (QED) is 0.455. The summed E-state index contributed by atoms with van der Waals surface area (Å²) >= 11 is 0. The Bertz CT molecular complexity index is 451. The van der Waals surface area contributed by atoms with Crippen LogP contribution < -0.4 is 5.32 Å². The Morgan fingerprint density at radius 1 is 1.44 bits per heavy atom. The zero-order valence-electron chi connectivity index (χ0n) is 9.56. The zero-order chi connectivity index (χ0) is 13.5. The molecule has 1 aromatic carbocycles. The third-order valence-electron chi connectivity index (χ3n) is 2.28. The predicted octanol–water partition coefficient (Wildman–Crippen LogP) is 1.24. The van der Waals surface area contributed by atoms with Gasteiger partial charge in [-0.25, -0.2) is 0 Å². The zero-order valence-corrected chi connectivity index (χ0v) is 9.56. The van der Waals surface area contributed by atoms with E-state index in [4.69, 9.17) is 5.11 Å². The van der Waals surface area contributed by atoms with Crippen molar-refractivity contribution in [3.05, 3.63) is 39.7 Å². The topological polar surface area (TPSA) is 92.5 Å². The van der Waals surface area contributed by atoms with Crippen LogP contribution in [0.5, 0.6) is 0 Å². The average molecular weight is 256 g/mol. The van der Waals surface area contributed by atoms with Gasteiger partial charge < -0.3 is 10.4 Å². The van der Waals surface area contributed by atoms with E-state index in [2.05, 4.69) is 5.32 Å². The number of hydrogen-bond donors (Lipinski definition) is 2. The summed E-state index contributed by atoms with van der Waals surface area (Å²) in [5, 5.41) is 21.6. The van der Waals surface area contributed by atoms with Gasteiger partial charge in [0.25, 0.3) is 5.91 Å². The molecule has 0 spiro atoms. The molecule has 0 aliphatic heterocycles. The fourth-order valence-corrected chi connectivity index (χ4v) is 1.33. The molecular weight excluding hydrogens is 243 g/mol. The van der Waals surface area contributed by atoms with Crippen LogP contribution in [0, 0.1) is 15.9 Å². The molecule has 0 radical (unpaired) electrons. The van der Waals surface area contributed by atoms with E-state index >= 15 is 0 Å². The van der Waals surface area contributed by atoms with Crippen molar-refractivity contribution in [3.8, 4) is 0 Å². The number of rotatable bonds is 6. The third-order valence-corrected chi connectivity index (χ3v) is 2.28. The lowest BCUT2D eigenvalue weighted by molar-refractivity contribution is -0.387. The van der Waals surface area contributed by atoms with Crippen molar-refractivity contribution in [1.82, 2.24) is 5.32 Å². The fraction of sp³-hybridized carbons (Fsp3) is 0.364. The molecule has 18 heavy (non-hydrogen) atoms. The summed E-state index contributed by atoms with van der Waals surface area (Å²) < 4.78 is 13.0. The molecule has 0 atom stereocenters. The smallest absolute Gasteiger partial charge is 0.305 e. The van der Waals surface area contributed by atoms with Crippen molar-refractivity contribution in [3.63, 3.8) is 0 Å². The maximum Gasteiger partial charge on any atom is 0.305 e. The number of benzene rings is 1. The molecule has 1 amide bonds. The molecule has 0 saturated carbocycles. The Morgan fingerprint density at radius 3 is 2.78 bits per heavy atom. The Morgan fingerprint density at radius 2 is 2.17 bits per heavy atom. The first-order valence-electron chi connectivity index (χ1n) is 5.39. The summed E-state index contributed by atoms with van der Waals surface area (Å²) in [5.41, 5.74) is -0.690. The molecule has 0 saturated heterocycles. The lowest BCUT2D eigenvalue weighted by Gasteiger charge is -2.04. The number of nitrogens with zero attached hydrogens (tertiary/aromatic N) is 1. The standard InChI is InChI=1S/C11H13FN2O4/c12-9-4-3-8(7-10(9)14(17)18)11(16)13-5-1-2-6-15/h3-4,7,15H,1-2,5-6H2,(H,13,16). The van der Waals surface area contributed by atoms with Gasteiger partial charge in [-0.1, -0.05) is 0 Å². The van der Waals surface area contributed by atoms with Gasteiger partial charge in [0.05, 0.1) is 4.92 Å². The van der Waals surface area contributed by atoms with Crippen LogP contribution in [-0.2, 0) is 0 Å². The number of carbonyl (C=O) groups is 1. The number of halogens is 1. The Labute approximate surface area is 103 Å². The molecule has 1 aromatic rings. The Balaban J connectivity index is 2.68. The molecule has 0 aromatic heterocycles. The second-order valence-electron chi connectivity index (χ2n) is 3.61. The van der Waals surface area contributed by atoms with E-state index in [9.17, 15) is 19.3 Å². The maximum atomic E-state index is 13.0. The van der Waals surface area contributed by atoms with Crippen LogP contribution in [0.1, 0.15) is 23.2 Å². The summed E-state index contributed by atoms with van der Waals surface area (Å²) in [4.78, 5) is 21.2. The van der Waals surface area contributed by atoms with Gasteiger partial charge >= 0.3 is 5.69 Å². The van der Waals surface area contributed by atoms with E-state index < -0.39 is 22.3 Å². The first-order valence-corrected chi connectivity index (χ1v) is 5.39. The molecule has 0 heterocycles. The molecule has 1 rings (SSSR count). The van der Waals surface area contributed by atoms with Crippen molar-refractivity contribution in [1.29, 1.82) is 0 Å². The number of hydrogen-bond acceptors (Lipinski definition) is 4. The lowest BCUT2D eigenvalue weighted by atomic mass is 10.2. The van der Waals surface area contributed by atoms with E-state index in [1.54, 1.807) is 0 Å². The first kappa shape index (κ1) is 14.0. The number of unbranched alkanes of at least 4 members (excludes halogenated alkanes) is 1. The predicted molar refractivity (Wildman–Crippen MR) is 61.7 cm³/mol. The minimum Gasteiger partial charge on any atom is -0.396 e. The van der Waals surface area contributed by atoms with Crippen molar-refractivity contribution < 1.29 is 19.2 Å². The maximum absolute atomic E-state index is 13.0. The van der Waals surface area contributed by atoms with Gasteiger partial charge in [-0.3, -0.25) is 14.9 Å². The molecule has 0 bridgehead atoms. The number of carbonyl (C=O) groups excluding carboxylic acids is 1. The summed E-state index contributed by atoms with van der Waals surface area (Å²) in [7, 11) is 0. The van der Waals surface area contributed by atoms with Crippen LogP contribution in [0.15, 0.2) is 18.2 Å². The van der Waals surface area contributed by atoms with Gasteiger partial charge in [-0.05, 0) is 25.0 Å². The molecule has 2 N–H and O–H groups in total. The normalized spacial score (nSPS) is 10.1. The number of amides is 1. The minimum atomic E-state index is -0.975. The molecule has 0 aliphatic carbocycles. The molecule has 98 valence electrons. The molecule has 0 fully saturated rings. The first-order chi connectivity index (χ1) is 8.56. The van der Waals surface area contributed by atoms with Crippen LogP contribution >= 0.6 is 0 Å². The van der Waals surface area contributed by atoms with E-state index in [1.165, 1.54) is 6.07 Å². The largest absolute Gasteiger partial charge is 0.396 e. The van der Waals surface area contributed by atoms with Gasteiger partial charge in [0.15, 0.2) is 0 Å². The van der Waals surface area contributed by atoms with Crippen molar-refractivity contribution in [2.24, 2.45) is 0 Å². The summed E-state index contributed by atoms with van der Waals surface area (Å²) in [6.45, 7) is 0.391. The van der Waals surface area contributed by atoms with E-state index in [0.717, 1.165) is 12.1 Å². The SMILES string of the molecule is O=C(NCCCCO)c1ccc(F)c([N+](=O)[O-])c1. The number of nitro groups is 1. The summed E-state index contributed by atoms with van der Waals surface area (Å²) in [5.74, 6) is -1.48. The summed E-state index contributed by atoms with van der Waals surface area (Å²) in [6, 6.07) is 2.97. The number of nitro benzene ring substituents is 1. The second kappa shape index (κ2) is 6.65. The van der Waals surface area contributed by atoms with Gasteiger partial charge in [0.1, 0.15) is 0 Å². The van der Waals surface area contributed by atoms with Crippen molar-refractivity contribution in [2.45, 2.75) is 12.8 Å². The highest BCUT2D eigenvalue weighted by atomic mass is 19.1. The van der Waals surface area contributed by atoms with Gasteiger partial charge in [-0.2, -0.15) is 4.39 Å². The molecular formula is C11H13FN2O4. The van der Waals surface area contributed by atoms with E-state index in [-0.39, 0.29) is 12.2 Å². The molecule has 7 heteroatoms. The molecule has 0 unspecified atom stereocenters. The minimum absolute atomic E-state index is 0.0344. The molecule has 6 nitrogen and oxygen atoms in total. The van der Waals surface area contributed by atoms with Crippen LogP contribution in [0.4, 0.5) is 10.1 Å². The summed E-state index contributed by atoms with van der Waals surface area (Å²) in [6.07, 6.45) is 1.16. The van der Waals surface area contributed by atoms with E-state index in [0.29, 0.717) is 19.4 Å². The monoisotopic (exact) mass is 256 g/mol. The Hall–Kier alpha value is -2.02. The fourth-order valence-electron chi connectivity index (χ4n) is 1.33. The lowest BCUT2D eigenvalue weighted by Crippen LogP contribution is -2.24. The van der Waals surface area contributed by atoms with Crippen molar-refractivity contribution in [2.75, 3.05) is 13.2 Å². The third kappa shape index (κ3) is 3.77. The highest BCUT2D eigenvalue weighted by molar-refractivity contribution is 5.94. The Kier molecular flexibility index (Phi) is 5.19. The van der Waals surface area contributed by atoms with Crippen molar-refractivity contribution >= 4 is 11.6 Å². The van der Waals surface area contributed by atoms with Crippen LogP contribution in [-0.4, -0.2) is 29.1 Å². The number of aliphatic hydroxyl groups excluding tert-OH is 1. The van der Waals surface area contributed by atoms with Gasteiger partial charge in [0, 0.05) is 24.8 Å². The van der Waals surface area contributed by atoms with Crippen LogP contribution in [0.2, 0.25) is 0 Å². The highest BCUT2D eigenvalue weighted by Crippen LogP contribution is 2.18. The van der Waals surface area contributed by atoms with E-state index in [1.807, 2.05) is 0 Å². The van der Waals surface area contributed by atoms with Crippen LogP contribution in [0.3, 0.4) is 0 Å². The number of nitrogens with one attached hydrogen (secondary N) is 1. The van der Waals surface area contributed by atoms with Gasteiger partial charge in [0.2, 0.25) is 5.82 Å². The van der Waals surface area contributed by atoms with Gasteiger partial charge in [-0.15, -0.1) is 0 Å². The second-order valence-corrected chi connectivity index (χ2v) is 3.61. The van der Waals surface area contributed by atoms with Crippen LogP contribution in [0.25, 0.3) is 0 Å². The number of aliphatic hydroxyl groups is 1. The average Bonchev–Trinajstić information content (AvgIpc) is 2.34. The molecule has 0 aliphatic rings. The highest BCUT2D eigenvalue weighted by Gasteiger charge is 2.17.